The van der Waals surface area contributed by atoms with E-state index < -0.39 is 28.5 Å². The Bertz CT molecular complexity index is 1410. The van der Waals surface area contributed by atoms with Crippen molar-refractivity contribution < 1.29 is 27.5 Å². The van der Waals surface area contributed by atoms with Gasteiger partial charge in [0.1, 0.15) is 24.1 Å². The molecule has 0 spiro atoms. The second kappa shape index (κ2) is 15.3. The first-order valence-corrected chi connectivity index (χ1v) is 15.6. The van der Waals surface area contributed by atoms with Crippen molar-refractivity contribution in [1.82, 2.24) is 10.2 Å². The smallest absolute Gasteiger partial charge is 0.264 e. The van der Waals surface area contributed by atoms with Crippen LogP contribution in [0.15, 0.2) is 83.8 Å². The van der Waals surface area contributed by atoms with Crippen LogP contribution in [0, 0.1) is 0 Å². The molecule has 1 N–H and O–H groups in total. The van der Waals surface area contributed by atoms with Crippen molar-refractivity contribution in [3.63, 3.8) is 0 Å². The lowest BCUT2D eigenvalue weighted by atomic mass is 10.1. The maximum absolute atomic E-state index is 14.2. The van der Waals surface area contributed by atoms with Gasteiger partial charge in [0.2, 0.25) is 11.8 Å². The van der Waals surface area contributed by atoms with Gasteiger partial charge in [-0.3, -0.25) is 13.9 Å². The summed E-state index contributed by atoms with van der Waals surface area (Å²) in [6, 6.07) is 21.0. The minimum atomic E-state index is -4.19. The van der Waals surface area contributed by atoms with E-state index in [-0.39, 0.29) is 29.1 Å². The molecule has 10 heteroatoms. The minimum absolute atomic E-state index is 0.0346. The summed E-state index contributed by atoms with van der Waals surface area (Å²) in [5.74, 6) is 0.171. The van der Waals surface area contributed by atoms with E-state index in [0.29, 0.717) is 24.5 Å². The number of hydrogen-bond acceptors (Lipinski definition) is 6. The number of nitrogens with zero attached hydrogens (tertiary/aromatic N) is 2. The van der Waals surface area contributed by atoms with Crippen LogP contribution in [-0.4, -0.2) is 57.5 Å². The fourth-order valence-electron chi connectivity index (χ4n) is 4.46. The van der Waals surface area contributed by atoms with E-state index in [2.05, 4.69) is 5.32 Å². The summed E-state index contributed by atoms with van der Waals surface area (Å²) in [5.41, 5.74) is 1.00. The summed E-state index contributed by atoms with van der Waals surface area (Å²) in [5, 5.41) is 2.98. The number of hydrogen-bond donors (Lipinski definition) is 1. The first-order chi connectivity index (χ1) is 20.2. The fraction of sp³-hybridized carbons (Fsp3) is 0.375. The Hall–Kier alpha value is -4.05. The van der Waals surface area contributed by atoms with E-state index in [1.54, 1.807) is 68.6 Å². The molecular formula is C32H41N3O6S. The second-order valence-electron chi connectivity index (χ2n) is 9.84. The van der Waals surface area contributed by atoms with Crippen molar-refractivity contribution in [3.8, 4) is 11.5 Å². The third kappa shape index (κ3) is 8.03. The largest absolute Gasteiger partial charge is 0.497 e. The predicted octanol–water partition coefficient (Wildman–Crippen LogP) is 5.01. The first-order valence-electron chi connectivity index (χ1n) is 14.2. The first kappa shape index (κ1) is 32.5. The fourth-order valence-corrected chi connectivity index (χ4v) is 5.91. The third-order valence-corrected chi connectivity index (χ3v) is 8.72. The van der Waals surface area contributed by atoms with Gasteiger partial charge < -0.3 is 19.7 Å². The zero-order chi connectivity index (χ0) is 30.7. The molecule has 0 aliphatic rings. The van der Waals surface area contributed by atoms with Crippen LogP contribution in [0.2, 0.25) is 0 Å². The topological polar surface area (TPSA) is 105 Å². The predicted molar refractivity (Wildman–Crippen MR) is 164 cm³/mol. The molecule has 9 nitrogen and oxygen atoms in total. The Morgan fingerprint density at radius 2 is 1.52 bits per heavy atom. The van der Waals surface area contributed by atoms with E-state index in [4.69, 9.17) is 9.47 Å². The lowest BCUT2D eigenvalue weighted by Gasteiger charge is -2.34. The lowest BCUT2D eigenvalue weighted by Crippen LogP contribution is -2.53. The molecule has 0 aliphatic carbocycles. The molecule has 3 rings (SSSR count). The van der Waals surface area contributed by atoms with Gasteiger partial charge in [-0.2, -0.15) is 0 Å². The molecule has 0 bridgehead atoms. The van der Waals surface area contributed by atoms with Crippen LogP contribution >= 0.6 is 0 Å². The molecule has 0 aromatic heterocycles. The standard InChI is InChI=1S/C32H41N3O6S/c1-6-24(4)33-32(37)28(7-2)34(22-25-18-20-26(40-5)21-19-25)31(36)23-35(29-16-12-13-17-30(29)41-8-3)42(38,39)27-14-10-9-11-15-27/h9-21,24,28H,6-8,22-23H2,1-5H3,(H,33,37)/t24-,28+/m1/s1. The van der Waals surface area contributed by atoms with Crippen molar-refractivity contribution >= 4 is 27.5 Å². The summed E-state index contributed by atoms with van der Waals surface area (Å²) in [6.45, 7) is 7.37. The molecule has 0 fully saturated rings. The minimum Gasteiger partial charge on any atom is -0.497 e. The van der Waals surface area contributed by atoms with Crippen molar-refractivity contribution in [2.45, 2.75) is 64.1 Å². The number of nitrogens with one attached hydrogen (secondary N) is 1. The molecule has 3 aromatic rings. The number of carbonyl (C=O) groups is 2. The monoisotopic (exact) mass is 595 g/mol. The maximum Gasteiger partial charge on any atom is 0.264 e. The zero-order valence-corrected chi connectivity index (χ0v) is 25.8. The van der Waals surface area contributed by atoms with E-state index in [1.165, 1.54) is 17.0 Å². The SMILES string of the molecule is CCOc1ccccc1N(CC(=O)N(Cc1ccc(OC)cc1)[C@@H](CC)C(=O)N[C@H](C)CC)S(=O)(=O)c1ccccc1. The van der Waals surface area contributed by atoms with Gasteiger partial charge in [-0.1, -0.05) is 56.3 Å². The third-order valence-electron chi connectivity index (χ3n) is 6.94. The number of benzene rings is 3. The lowest BCUT2D eigenvalue weighted by molar-refractivity contribution is -0.140. The Labute approximate surface area is 249 Å². The molecule has 42 heavy (non-hydrogen) atoms. The Morgan fingerprint density at radius 1 is 0.881 bits per heavy atom. The molecule has 226 valence electrons. The van der Waals surface area contributed by atoms with Crippen LogP contribution in [0.5, 0.6) is 11.5 Å². The van der Waals surface area contributed by atoms with E-state index in [9.17, 15) is 18.0 Å². The molecule has 0 saturated carbocycles. The number of ether oxygens (including phenoxy) is 2. The highest BCUT2D eigenvalue weighted by Crippen LogP contribution is 2.33. The summed E-state index contributed by atoms with van der Waals surface area (Å²) >= 11 is 0. The van der Waals surface area contributed by atoms with Gasteiger partial charge in [-0.15, -0.1) is 0 Å². The quantitative estimate of drug-likeness (QED) is 0.265. The van der Waals surface area contributed by atoms with Gasteiger partial charge in [-0.25, -0.2) is 8.42 Å². The van der Waals surface area contributed by atoms with Crippen LogP contribution in [0.1, 0.15) is 46.1 Å². The number of methoxy groups -OCH3 is 1. The molecule has 0 heterocycles. The van der Waals surface area contributed by atoms with Crippen LogP contribution in [0.25, 0.3) is 0 Å². The molecule has 0 unspecified atom stereocenters. The molecule has 2 amide bonds. The van der Waals surface area contributed by atoms with Gasteiger partial charge in [0.05, 0.1) is 24.3 Å². The Balaban J connectivity index is 2.09. The highest BCUT2D eigenvalue weighted by atomic mass is 32.2. The maximum atomic E-state index is 14.2. The number of rotatable bonds is 15. The zero-order valence-electron chi connectivity index (χ0n) is 24.9. The van der Waals surface area contributed by atoms with Crippen molar-refractivity contribution in [1.29, 1.82) is 0 Å². The molecule has 0 aliphatic heterocycles. The number of carbonyl (C=O) groups excluding carboxylic acids is 2. The van der Waals surface area contributed by atoms with Crippen LogP contribution in [0.3, 0.4) is 0 Å². The Morgan fingerprint density at radius 3 is 2.12 bits per heavy atom. The summed E-state index contributed by atoms with van der Waals surface area (Å²) in [7, 11) is -2.62. The molecule has 2 atom stereocenters. The van der Waals surface area contributed by atoms with E-state index in [1.807, 2.05) is 32.9 Å². The average Bonchev–Trinajstić information content (AvgIpc) is 3.00. The highest BCUT2D eigenvalue weighted by molar-refractivity contribution is 7.92. The van der Waals surface area contributed by atoms with Gasteiger partial charge in [0, 0.05) is 12.6 Å². The number of sulfonamides is 1. The highest BCUT2D eigenvalue weighted by Gasteiger charge is 2.35. The molecular weight excluding hydrogens is 554 g/mol. The molecule has 0 radical (unpaired) electrons. The van der Waals surface area contributed by atoms with Gasteiger partial charge in [0.25, 0.3) is 10.0 Å². The van der Waals surface area contributed by atoms with Crippen molar-refractivity contribution in [2.75, 3.05) is 24.6 Å². The number of anilines is 1. The van der Waals surface area contributed by atoms with Gasteiger partial charge in [0.15, 0.2) is 0 Å². The van der Waals surface area contributed by atoms with Crippen LogP contribution in [0.4, 0.5) is 5.69 Å². The van der Waals surface area contributed by atoms with Gasteiger partial charge in [-0.05, 0) is 68.7 Å². The number of amides is 2. The van der Waals surface area contributed by atoms with E-state index >= 15 is 0 Å². The number of para-hydroxylation sites is 2. The second-order valence-corrected chi connectivity index (χ2v) is 11.7. The Kier molecular flexibility index (Phi) is 11.8. The summed E-state index contributed by atoms with van der Waals surface area (Å²) < 4.78 is 40.2. The molecule has 3 aromatic carbocycles. The summed E-state index contributed by atoms with van der Waals surface area (Å²) in [4.78, 5) is 29.1. The van der Waals surface area contributed by atoms with Crippen LogP contribution in [-0.2, 0) is 26.2 Å². The van der Waals surface area contributed by atoms with E-state index in [0.717, 1.165) is 16.3 Å². The van der Waals surface area contributed by atoms with Gasteiger partial charge >= 0.3 is 0 Å². The average molecular weight is 596 g/mol. The summed E-state index contributed by atoms with van der Waals surface area (Å²) in [6.07, 6.45) is 1.07. The van der Waals surface area contributed by atoms with Crippen molar-refractivity contribution in [3.05, 3.63) is 84.4 Å². The normalized spacial score (nSPS) is 12.6. The van der Waals surface area contributed by atoms with Crippen molar-refractivity contribution in [2.24, 2.45) is 0 Å². The molecule has 0 saturated heterocycles. The van der Waals surface area contributed by atoms with Crippen LogP contribution < -0.4 is 19.1 Å².